The van der Waals surface area contributed by atoms with Crippen LogP contribution in [0.4, 0.5) is 0 Å². The zero-order valence-corrected chi connectivity index (χ0v) is 18.3. The number of benzene rings is 5. The lowest BCUT2D eigenvalue weighted by molar-refractivity contribution is 0.489. The second kappa shape index (κ2) is 6.55. The lowest BCUT2D eigenvalue weighted by Crippen LogP contribution is -2.11. The van der Waals surface area contributed by atoms with E-state index in [0.29, 0.717) is 6.61 Å². The van der Waals surface area contributed by atoms with Crippen molar-refractivity contribution < 1.29 is 4.42 Å². The summed E-state index contributed by atoms with van der Waals surface area (Å²) in [7, 11) is 0. The quantitative estimate of drug-likeness (QED) is 0.249. The van der Waals surface area contributed by atoms with Crippen molar-refractivity contribution in [3.63, 3.8) is 0 Å². The molecule has 0 fully saturated rings. The zero-order valence-electron chi connectivity index (χ0n) is 18.3. The van der Waals surface area contributed by atoms with Crippen LogP contribution in [0.1, 0.15) is 5.56 Å². The van der Waals surface area contributed by atoms with Gasteiger partial charge in [0, 0.05) is 33.0 Å². The molecule has 2 heteroatoms. The Morgan fingerprint density at radius 1 is 0.559 bits per heavy atom. The van der Waals surface area contributed by atoms with Crippen LogP contribution in [0.5, 0.6) is 0 Å². The monoisotopic (exact) mass is 435 g/mol. The van der Waals surface area contributed by atoms with Gasteiger partial charge in [0.1, 0.15) is 10.6 Å². The van der Waals surface area contributed by atoms with E-state index in [2.05, 4.69) is 103 Å². The molecule has 2 heterocycles. The average Bonchev–Trinajstić information content (AvgIpc) is 3.22. The van der Waals surface area contributed by atoms with Gasteiger partial charge in [0.05, 0.1) is 5.56 Å². The fourth-order valence-corrected chi connectivity index (χ4v) is 5.80. The average molecular weight is 436 g/mol. The molecule has 0 N–H and O–H groups in total. The first-order chi connectivity index (χ1) is 16.9. The Kier molecular flexibility index (Phi) is 3.48. The summed E-state index contributed by atoms with van der Waals surface area (Å²) in [6, 6.07) is 36.4. The predicted octanol–water partition coefficient (Wildman–Crippen LogP) is 7.27. The smallest absolute Gasteiger partial charge is 0.355 e. The van der Waals surface area contributed by atoms with Crippen molar-refractivity contribution >= 4 is 32.3 Å². The molecule has 3 aliphatic rings. The molecule has 5 aromatic rings. The Hall–Kier alpha value is -4.43. The van der Waals surface area contributed by atoms with Gasteiger partial charge in [-0.2, -0.15) is 0 Å². The van der Waals surface area contributed by atoms with Crippen molar-refractivity contribution in [3.05, 3.63) is 140 Å². The van der Waals surface area contributed by atoms with Crippen LogP contribution in [-0.2, 0) is 6.61 Å². The van der Waals surface area contributed by atoms with Crippen molar-refractivity contribution in [1.29, 1.82) is 0 Å². The molecule has 0 amide bonds. The molecule has 0 radical (unpaired) electrons. The first-order valence-electron chi connectivity index (χ1n) is 11.6. The standard InChI is InChI=1S/C32H19O2/c1-2-9-21(10-3-1)28-25-18-33-26-17-16-19-8-4-5-13-22(19)29(26)32(25)34-31-24-15-7-12-20-11-6-14-23(27(20)24)30(28)31/h1-17H,18H2/q+1. The maximum atomic E-state index is 6.93. The fourth-order valence-electron chi connectivity index (χ4n) is 5.80. The lowest BCUT2D eigenvalue weighted by Gasteiger charge is -2.10. The Bertz CT molecular complexity index is 2130. The third-order valence-electron chi connectivity index (χ3n) is 7.23. The van der Waals surface area contributed by atoms with E-state index in [1.807, 2.05) is 0 Å². The lowest BCUT2D eigenvalue weighted by atomic mass is 9.96. The van der Waals surface area contributed by atoms with E-state index in [1.54, 1.807) is 0 Å². The molecular weight excluding hydrogens is 416 g/mol. The summed E-state index contributed by atoms with van der Waals surface area (Å²) in [6.45, 7) is 0.480. The molecule has 0 atom stereocenters. The van der Waals surface area contributed by atoms with Crippen LogP contribution in [0.3, 0.4) is 0 Å². The molecule has 2 aliphatic heterocycles. The van der Waals surface area contributed by atoms with E-state index < -0.39 is 0 Å². The maximum Gasteiger partial charge on any atom is 0.355 e. The van der Waals surface area contributed by atoms with Crippen LogP contribution in [0.2, 0.25) is 0 Å². The molecule has 0 aromatic heterocycles. The molecule has 0 saturated heterocycles. The fraction of sp³-hybridized carbons (Fsp3) is 0.0312. The number of hydrogen-bond donors (Lipinski definition) is 0. The Morgan fingerprint density at radius 3 is 2.18 bits per heavy atom. The summed E-state index contributed by atoms with van der Waals surface area (Å²) in [5, 5.41) is 9.44. The topological polar surface area (TPSA) is 24.4 Å². The largest absolute Gasteiger partial charge is 0.454 e. The normalized spacial score (nSPS) is 12.8. The van der Waals surface area contributed by atoms with E-state index in [1.165, 1.54) is 37.9 Å². The zero-order chi connectivity index (χ0) is 22.2. The van der Waals surface area contributed by atoms with Crippen molar-refractivity contribution in [1.82, 2.24) is 0 Å². The second-order valence-corrected chi connectivity index (χ2v) is 9.01. The van der Waals surface area contributed by atoms with Crippen LogP contribution >= 0.6 is 0 Å². The number of rotatable bonds is 1. The van der Waals surface area contributed by atoms with Gasteiger partial charge in [0.15, 0.2) is 5.42 Å². The second-order valence-electron chi connectivity index (χ2n) is 9.01. The molecule has 0 bridgehead atoms. The van der Waals surface area contributed by atoms with Gasteiger partial charge in [-0.25, -0.2) is 4.42 Å². The van der Waals surface area contributed by atoms with Crippen LogP contribution in [-0.4, -0.2) is 0 Å². The Balaban J connectivity index is 1.77. The van der Waals surface area contributed by atoms with Gasteiger partial charge in [-0.1, -0.05) is 91.0 Å². The van der Waals surface area contributed by atoms with Gasteiger partial charge in [0.25, 0.3) is 6.61 Å². The molecular formula is C32H19O2+. The maximum absolute atomic E-state index is 6.93. The van der Waals surface area contributed by atoms with Gasteiger partial charge in [0.2, 0.25) is 0 Å². The third kappa shape index (κ3) is 2.27. The third-order valence-corrected chi connectivity index (χ3v) is 7.23. The van der Waals surface area contributed by atoms with Crippen molar-refractivity contribution in [3.8, 4) is 11.1 Å². The molecule has 0 saturated carbocycles. The van der Waals surface area contributed by atoms with Gasteiger partial charge in [-0.05, 0) is 27.8 Å². The molecule has 158 valence electrons. The highest BCUT2D eigenvalue weighted by Gasteiger charge is 2.25. The van der Waals surface area contributed by atoms with E-state index in [0.717, 1.165) is 37.8 Å². The summed E-state index contributed by atoms with van der Waals surface area (Å²) in [6.07, 6.45) is 0. The summed E-state index contributed by atoms with van der Waals surface area (Å²) in [4.78, 5) is 0. The van der Waals surface area contributed by atoms with Gasteiger partial charge in [-0.15, -0.1) is 0 Å². The molecule has 0 spiro atoms. The van der Waals surface area contributed by atoms with Crippen molar-refractivity contribution in [2.75, 3.05) is 0 Å². The minimum Gasteiger partial charge on any atom is -0.454 e. The van der Waals surface area contributed by atoms with Gasteiger partial charge in [-0.3, -0.25) is 0 Å². The number of fused-ring (bicyclic) bond motifs is 6. The highest BCUT2D eigenvalue weighted by Crippen LogP contribution is 2.38. The molecule has 2 nitrogen and oxygen atoms in total. The first-order valence-corrected chi connectivity index (χ1v) is 11.6. The molecule has 1 aliphatic carbocycles. The molecule has 0 unspecified atom stereocenters. The highest BCUT2D eigenvalue weighted by atomic mass is 16.4. The van der Waals surface area contributed by atoms with Crippen molar-refractivity contribution in [2.45, 2.75) is 6.61 Å². The Labute approximate surface area is 194 Å². The SMILES string of the molecule is c1ccc(-c2c3c(oc4c5cccc6cccc(c2=4)c65)=c2c(ccc4ccccc24)=[O+]C3)cc1. The van der Waals surface area contributed by atoms with E-state index >= 15 is 0 Å². The van der Waals surface area contributed by atoms with E-state index in [9.17, 15) is 0 Å². The summed E-state index contributed by atoms with van der Waals surface area (Å²) in [5.41, 5.74) is 6.24. The molecule has 8 rings (SSSR count). The van der Waals surface area contributed by atoms with Crippen molar-refractivity contribution in [2.24, 2.45) is 0 Å². The minimum absolute atomic E-state index is 0.480. The molecule has 5 aromatic carbocycles. The van der Waals surface area contributed by atoms with Gasteiger partial charge < -0.3 is 4.42 Å². The van der Waals surface area contributed by atoms with E-state index in [-0.39, 0.29) is 0 Å². The minimum atomic E-state index is 0.480. The molecule has 34 heavy (non-hydrogen) atoms. The van der Waals surface area contributed by atoms with E-state index in [4.69, 9.17) is 8.84 Å². The van der Waals surface area contributed by atoms with Crippen LogP contribution < -0.4 is 5.43 Å². The van der Waals surface area contributed by atoms with Crippen LogP contribution in [0.25, 0.3) is 43.4 Å². The van der Waals surface area contributed by atoms with Crippen LogP contribution in [0, 0.1) is 21.3 Å². The first kappa shape index (κ1) is 18.0. The Morgan fingerprint density at radius 2 is 1.29 bits per heavy atom. The summed E-state index contributed by atoms with van der Waals surface area (Å²) >= 11 is 0. The number of hydrogen-bond acceptors (Lipinski definition) is 1. The van der Waals surface area contributed by atoms with Crippen LogP contribution in [0.15, 0.2) is 112 Å². The predicted molar refractivity (Wildman–Crippen MR) is 137 cm³/mol. The summed E-state index contributed by atoms with van der Waals surface area (Å²) in [5.74, 6) is 0. The summed E-state index contributed by atoms with van der Waals surface area (Å²) < 4.78 is 13.3. The van der Waals surface area contributed by atoms with Gasteiger partial charge >= 0.3 is 5.43 Å². The highest BCUT2D eigenvalue weighted by molar-refractivity contribution is 6.12.